The Morgan fingerprint density at radius 1 is 1.50 bits per heavy atom. The molecule has 0 unspecified atom stereocenters. The van der Waals surface area contributed by atoms with Gasteiger partial charge < -0.3 is 14.6 Å². The summed E-state index contributed by atoms with van der Waals surface area (Å²) in [5.74, 6) is 0.988. The first kappa shape index (κ1) is 14.4. The van der Waals surface area contributed by atoms with Crippen LogP contribution in [0.15, 0.2) is 28.9 Å². The second-order valence-electron chi connectivity index (χ2n) is 5.51. The molecule has 116 valence electrons. The van der Waals surface area contributed by atoms with Gasteiger partial charge in [0.1, 0.15) is 11.5 Å². The number of nitrogens with one attached hydrogen (secondary N) is 1. The lowest BCUT2D eigenvalue weighted by Crippen LogP contribution is -2.32. The number of hydrogen-bond donors (Lipinski definition) is 1. The molecule has 2 aromatic heterocycles. The maximum absolute atomic E-state index is 12.2. The maximum Gasteiger partial charge on any atom is 0.227 e. The molecule has 0 bridgehead atoms. The molecule has 0 radical (unpaired) electrons. The summed E-state index contributed by atoms with van der Waals surface area (Å²) >= 11 is 0. The fourth-order valence-corrected chi connectivity index (χ4v) is 2.58. The summed E-state index contributed by atoms with van der Waals surface area (Å²) in [5.41, 5.74) is 0.726. The molecule has 0 spiro atoms. The molecule has 1 aliphatic rings. The van der Waals surface area contributed by atoms with Crippen molar-refractivity contribution >= 4 is 17.5 Å². The van der Waals surface area contributed by atoms with Crippen LogP contribution in [-0.4, -0.2) is 28.1 Å². The summed E-state index contributed by atoms with van der Waals surface area (Å²) in [6, 6.07) is 3.68. The highest BCUT2D eigenvalue weighted by molar-refractivity contribution is 6.00. The van der Waals surface area contributed by atoms with E-state index in [9.17, 15) is 9.59 Å². The van der Waals surface area contributed by atoms with Crippen LogP contribution in [0.5, 0.6) is 0 Å². The van der Waals surface area contributed by atoms with Gasteiger partial charge in [0.15, 0.2) is 0 Å². The average molecular weight is 302 g/mol. The molecule has 1 N–H and O–H groups in total. The molecule has 0 aliphatic carbocycles. The lowest BCUT2D eigenvalue weighted by molar-refractivity contribution is -0.126. The van der Waals surface area contributed by atoms with Crippen LogP contribution in [0.3, 0.4) is 0 Å². The maximum atomic E-state index is 12.2. The Morgan fingerprint density at radius 2 is 2.32 bits per heavy atom. The molecule has 7 heteroatoms. The Labute approximate surface area is 127 Å². The monoisotopic (exact) mass is 302 g/mol. The molecule has 1 atom stereocenters. The van der Waals surface area contributed by atoms with Gasteiger partial charge in [-0.1, -0.05) is 0 Å². The molecule has 0 aromatic carbocycles. The highest BCUT2D eigenvalue weighted by Crippen LogP contribution is 2.24. The van der Waals surface area contributed by atoms with E-state index in [4.69, 9.17) is 4.42 Å². The number of rotatable bonds is 4. The molecule has 7 nitrogen and oxygen atoms in total. The van der Waals surface area contributed by atoms with Gasteiger partial charge in [0.2, 0.25) is 11.8 Å². The number of aromatic nitrogens is 2. The van der Waals surface area contributed by atoms with E-state index < -0.39 is 0 Å². The fourth-order valence-electron chi connectivity index (χ4n) is 2.58. The molecule has 22 heavy (non-hydrogen) atoms. The first-order valence-electron chi connectivity index (χ1n) is 7.15. The summed E-state index contributed by atoms with van der Waals surface area (Å²) in [7, 11) is 1.79. The summed E-state index contributed by atoms with van der Waals surface area (Å²) in [5, 5.41) is 6.87. The predicted molar refractivity (Wildman–Crippen MR) is 79.0 cm³/mol. The van der Waals surface area contributed by atoms with E-state index in [2.05, 4.69) is 10.4 Å². The van der Waals surface area contributed by atoms with Crippen molar-refractivity contribution in [1.29, 1.82) is 0 Å². The van der Waals surface area contributed by atoms with Crippen molar-refractivity contribution in [3.8, 4) is 0 Å². The third-order valence-corrected chi connectivity index (χ3v) is 3.73. The van der Waals surface area contributed by atoms with E-state index in [1.54, 1.807) is 29.0 Å². The standard InChI is InChI=1S/C15H18N4O3/c1-10-3-4-13(22-10)7-16-15(21)11-5-14(20)19(8-11)12-6-17-18(2)9-12/h3-4,6,9,11H,5,7-8H2,1-2H3,(H,16,21)/t11-/m1/s1. The van der Waals surface area contributed by atoms with Crippen LogP contribution in [-0.2, 0) is 23.2 Å². The normalized spacial score (nSPS) is 18.0. The first-order valence-corrected chi connectivity index (χ1v) is 7.15. The molecule has 1 aliphatic heterocycles. The molecule has 2 aromatic rings. The van der Waals surface area contributed by atoms with Crippen molar-refractivity contribution in [3.05, 3.63) is 36.0 Å². The summed E-state index contributed by atoms with van der Waals surface area (Å²) in [6.07, 6.45) is 3.62. The minimum atomic E-state index is -0.344. The van der Waals surface area contributed by atoms with Gasteiger partial charge in [-0.2, -0.15) is 5.10 Å². The largest absolute Gasteiger partial charge is 0.465 e. The van der Waals surface area contributed by atoms with Crippen molar-refractivity contribution in [1.82, 2.24) is 15.1 Å². The zero-order valence-corrected chi connectivity index (χ0v) is 12.6. The topological polar surface area (TPSA) is 80.4 Å². The highest BCUT2D eigenvalue weighted by atomic mass is 16.3. The van der Waals surface area contributed by atoms with Crippen LogP contribution < -0.4 is 10.2 Å². The lowest BCUT2D eigenvalue weighted by Gasteiger charge is -2.14. The van der Waals surface area contributed by atoms with Crippen LogP contribution in [0.25, 0.3) is 0 Å². The Balaban J connectivity index is 1.59. The van der Waals surface area contributed by atoms with Gasteiger partial charge in [-0.15, -0.1) is 0 Å². The van der Waals surface area contributed by atoms with Crippen molar-refractivity contribution < 1.29 is 14.0 Å². The second-order valence-corrected chi connectivity index (χ2v) is 5.51. The van der Waals surface area contributed by atoms with Crippen molar-refractivity contribution in [2.24, 2.45) is 13.0 Å². The number of nitrogens with zero attached hydrogens (tertiary/aromatic N) is 3. The minimum absolute atomic E-state index is 0.0537. The van der Waals surface area contributed by atoms with Crippen LogP contribution in [0.2, 0.25) is 0 Å². The molecule has 1 saturated heterocycles. The van der Waals surface area contributed by atoms with Gasteiger partial charge in [0.25, 0.3) is 0 Å². The minimum Gasteiger partial charge on any atom is -0.465 e. The Hall–Kier alpha value is -2.57. The molecular formula is C15H18N4O3. The van der Waals surface area contributed by atoms with Gasteiger partial charge in [-0.3, -0.25) is 14.3 Å². The zero-order chi connectivity index (χ0) is 15.7. The van der Waals surface area contributed by atoms with E-state index >= 15 is 0 Å². The molecule has 1 fully saturated rings. The van der Waals surface area contributed by atoms with Gasteiger partial charge in [-0.25, -0.2) is 0 Å². The number of amides is 2. The number of anilines is 1. The predicted octanol–water partition coefficient (Wildman–Crippen LogP) is 0.991. The van der Waals surface area contributed by atoms with Crippen molar-refractivity contribution in [2.75, 3.05) is 11.4 Å². The fraction of sp³-hybridized carbons (Fsp3) is 0.400. The Bertz CT molecular complexity index is 703. The zero-order valence-electron chi connectivity index (χ0n) is 12.6. The van der Waals surface area contributed by atoms with Crippen molar-refractivity contribution in [2.45, 2.75) is 19.9 Å². The third kappa shape index (κ3) is 2.88. The Kier molecular flexibility index (Phi) is 3.70. The van der Waals surface area contributed by atoms with Gasteiger partial charge in [-0.05, 0) is 19.1 Å². The third-order valence-electron chi connectivity index (χ3n) is 3.73. The average Bonchev–Trinajstić information content (AvgIpc) is 3.17. The summed E-state index contributed by atoms with van der Waals surface area (Å²) in [4.78, 5) is 25.9. The summed E-state index contributed by atoms with van der Waals surface area (Å²) < 4.78 is 7.04. The summed E-state index contributed by atoms with van der Waals surface area (Å²) in [6.45, 7) is 2.57. The van der Waals surface area contributed by atoms with E-state index in [1.807, 2.05) is 19.1 Å². The molecule has 2 amide bonds. The van der Waals surface area contributed by atoms with Crippen LogP contribution in [0.4, 0.5) is 5.69 Å². The van der Waals surface area contributed by atoms with E-state index in [0.29, 0.717) is 18.8 Å². The van der Waals surface area contributed by atoms with Crippen LogP contribution >= 0.6 is 0 Å². The molecule has 3 rings (SSSR count). The number of carbonyl (C=O) groups is 2. The molecule has 0 saturated carbocycles. The van der Waals surface area contributed by atoms with Crippen LogP contribution in [0.1, 0.15) is 17.9 Å². The smallest absolute Gasteiger partial charge is 0.227 e. The SMILES string of the molecule is Cc1ccc(CNC(=O)[C@@H]2CC(=O)N(c3cnn(C)c3)C2)o1. The van der Waals surface area contributed by atoms with Gasteiger partial charge in [0.05, 0.1) is 24.3 Å². The van der Waals surface area contributed by atoms with E-state index in [1.165, 1.54) is 0 Å². The first-order chi connectivity index (χ1) is 10.5. The highest BCUT2D eigenvalue weighted by Gasteiger charge is 2.35. The number of furan rings is 1. The molecular weight excluding hydrogens is 284 g/mol. The lowest BCUT2D eigenvalue weighted by atomic mass is 10.1. The quantitative estimate of drug-likeness (QED) is 0.913. The van der Waals surface area contributed by atoms with E-state index in [-0.39, 0.29) is 24.2 Å². The number of aryl methyl sites for hydroxylation is 2. The number of hydrogen-bond acceptors (Lipinski definition) is 4. The van der Waals surface area contributed by atoms with E-state index in [0.717, 1.165) is 11.4 Å². The number of carbonyl (C=O) groups excluding carboxylic acids is 2. The van der Waals surface area contributed by atoms with Gasteiger partial charge in [0, 0.05) is 26.2 Å². The second kappa shape index (κ2) is 5.67. The molecule has 3 heterocycles. The van der Waals surface area contributed by atoms with Crippen molar-refractivity contribution in [3.63, 3.8) is 0 Å². The van der Waals surface area contributed by atoms with Crippen LogP contribution in [0, 0.1) is 12.8 Å². The van der Waals surface area contributed by atoms with Gasteiger partial charge >= 0.3 is 0 Å². The Morgan fingerprint density at radius 3 is 2.95 bits per heavy atom.